The van der Waals surface area contributed by atoms with Gasteiger partial charge in [-0.15, -0.1) is 0 Å². The van der Waals surface area contributed by atoms with Crippen molar-refractivity contribution in [1.82, 2.24) is 14.0 Å². The van der Waals surface area contributed by atoms with Gasteiger partial charge in [-0.2, -0.15) is 0 Å². The van der Waals surface area contributed by atoms with Crippen LogP contribution in [-0.2, 0) is 11.3 Å². The fraction of sp³-hybridized carbons (Fsp3) is 0.227. The zero-order chi connectivity index (χ0) is 21.3. The van der Waals surface area contributed by atoms with E-state index < -0.39 is 11.7 Å². The first kappa shape index (κ1) is 19.8. The number of carbonyl (C=O) groups excluding carboxylic acids is 1. The lowest BCUT2D eigenvalue weighted by Gasteiger charge is -2.11. The van der Waals surface area contributed by atoms with Gasteiger partial charge in [0.2, 0.25) is 0 Å². The van der Waals surface area contributed by atoms with Crippen LogP contribution in [0.5, 0.6) is 0 Å². The van der Waals surface area contributed by atoms with E-state index in [1.165, 1.54) is 22.6 Å². The molecular formula is C22H21FN4O3. The van der Waals surface area contributed by atoms with Crippen LogP contribution in [0, 0.1) is 12.7 Å². The molecule has 0 spiro atoms. The SMILES string of the molecule is COCCCn1c(C(=O)Nc2cccc(F)c2)cc2c(=O)n3cccc(C)c3nc21. The Morgan fingerprint density at radius 1 is 1.20 bits per heavy atom. The molecule has 0 atom stereocenters. The molecule has 0 radical (unpaired) electrons. The van der Waals surface area contributed by atoms with Gasteiger partial charge < -0.3 is 14.6 Å². The Hall–Kier alpha value is -3.52. The summed E-state index contributed by atoms with van der Waals surface area (Å²) in [5.41, 5.74) is 2.20. The minimum Gasteiger partial charge on any atom is -0.385 e. The van der Waals surface area contributed by atoms with E-state index >= 15 is 0 Å². The molecule has 3 heterocycles. The first-order valence-corrected chi connectivity index (χ1v) is 9.56. The van der Waals surface area contributed by atoms with Crippen LogP contribution in [0.3, 0.4) is 0 Å². The second-order valence-electron chi connectivity index (χ2n) is 7.03. The summed E-state index contributed by atoms with van der Waals surface area (Å²) < 4.78 is 21.8. The van der Waals surface area contributed by atoms with Crippen LogP contribution in [0.2, 0.25) is 0 Å². The Kier molecular flexibility index (Phi) is 5.33. The van der Waals surface area contributed by atoms with Crippen molar-refractivity contribution in [3.8, 4) is 0 Å². The van der Waals surface area contributed by atoms with E-state index in [2.05, 4.69) is 10.3 Å². The molecule has 8 heteroatoms. The van der Waals surface area contributed by atoms with Crippen LogP contribution in [0.25, 0.3) is 16.7 Å². The number of halogens is 1. The Balaban J connectivity index is 1.86. The average Bonchev–Trinajstić information content (AvgIpc) is 3.08. The highest BCUT2D eigenvalue weighted by molar-refractivity contribution is 6.06. The minimum absolute atomic E-state index is 0.246. The molecule has 0 aliphatic heterocycles. The number of aryl methyl sites for hydroxylation is 2. The Bertz CT molecular complexity index is 1310. The smallest absolute Gasteiger partial charge is 0.272 e. The summed E-state index contributed by atoms with van der Waals surface area (Å²) in [5.74, 6) is -0.892. The Labute approximate surface area is 171 Å². The van der Waals surface area contributed by atoms with E-state index in [9.17, 15) is 14.0 Å². The van der Waals surface area contributed by atoms with Crippen LogP contribution in [-0.4, -0.2) is 33.6 Å². The number of amides is 1. The van der Waals surface area contributed by atoms with E-state index in [4.69, 9.17) is 4.74 Å². The molecule has 7 nitrogen and oxygen atoms in total. The quantitative estimate of drug-likeness (QED) is 0.496. The maximum Gasteiger partial charge on any atom is 0.272 e. The lowest BCUT2D eigenvalue weighted by Crippen LogP contribution is -2.18. The molecular weight excluding hydrogens is 387 g/mol. The number of nitrogens with zero attached hydrogens (tertiary/aromatic N) is 3. The molecule has 0 saturated heterocycles. The van der Waals surface area contributed by atoms with Crippen molar-refractivity contribution >= 4 is 28.3 Å². The molecule has 4 aromatic rings. The normalized spacial score (nSPS) is 11.3. The molecule has 0 saturated carbocycles. The van der Waals surface area contributed by atoms with Crippen molar-refractivity contribution in [2.75, 3.05) is 19.0 Å². The number of hydrogen-bond donors (Lipinski definition) is 1. The fourth-order valence-corrected chi connectivity index (χ4v) is 3.50. The number of ether oxygens (including phenoxy) is 1. The molecule has 1 aromatic carbocycles. The highest BCUT2D eigenvalue weighted by Crippen LogP contribution is 2.20. The number of pyridine rings is 1. The van der Waals surface area contributed by atoms with Gasteiger partial charge in [0.25, 0.3) is 11.5 Å². The Morgan fingerprint density at radius 2 is 2.03 bits per heavy atom. The van der Waals surface area contributed by atoms with Crippen molar-refractivity contribution in [3.05, 3.63) is 76.1 Å². The standard InChI is InChI=1S/C22H21FN4O3/c1-14-6-4-9-27-19(14)25-20-17(22(27)29)13-18(26(20)10-5-11-30-2)21(28)24-16-8-3-7-15(23)12-16/h3-4,6-9,12-13H,5,10-11H2,1-2H3,(H,24,28). The highest BCUT2D eigenvalue weighted by atomic mass is 19.1. The van der Waals surface area contributed by atoms with Crippen LogP contribution < -0.4 is 10.9 Å². The van der Waals surface area contributed by atoms with Gasteiger partial charge >= 0.3 is 0 Å². The number of rotatable bonds is 6. The molecule has 0 fully saturated rings. The minimum atomic E-state index is -0.449. The van der Waals surface area contributed by atoms with Gasteiger partial charge in [0.05, 0.1) is 5.39 Å². The van der Waals surface area contributed by atoms with Gasteiger partial charge in [-0.3, -0.25) is 14.0 Å². The van der Waals surface area contributed by atoms with Gasteiger partial charge in [-0.25, -0.2) is 9.37 Å². The molecule has 4 rings (SSSR count). The molecule has 154 valence electrons. The second-order valence-corrected chi connectivity index (χ2v) is 7.03. The van der Waals surface area contributed by atoms with Crippen molar-refractivity contribution in [2.45, 2.75) is 19.9 Å². The Morgan fingerprint density at radius 3 is 2.80 bits per heavy atom. The second kappa shape index (κ2) is 8.08. The van der Waals surface area contributed by atoms with Crippen LogP contribution in [0.4, 0.5) is 10.1 Å². The fourth-order valence-electron chi connectivity index (χ4n) is 3.50. The van der Waals surface area contributed by atoms with Gasteiger partial charge in [0.1, 0.15) is 22.8 Å². The van der Waals surface area contributed by atoms with Gasteiger partial charge in [-0.05, 0) is 49.2 Å². The number of anilines is 1. The highest BCUT2D eigenvalue weighted by Gasteiger charge is 2.20. The third-order valence-corrected chi connectivity index (χ3v) is 4.94. The summed E-state index contributed by atoms with van der Waals surface area (Å²) in [6, 6.07) is 10.9. The number of benzene rings is 1. The first-order valence-electron chi connectivity index (χ1n) is 9.56. The van der Waals surface area contributed by atoms with Gasteiger partial charge in [0, 0.05) is 32.1 Å². The van der Waals surface area contributed by atoms with E-state index in [1.54, 1.807) is 36.1 Å². The summed E-state index contributed by atoms with van der Waals surface area (Å²) in [6.45, 7) is 2.82. The van der Waals surface area contributed by atoms with Crippen LogP contribution >= 0.6 is 0 Å². The number of hydrogen-bond acceptors (Lipinski definition) is 4. The predicted octanol–water partition coefficient (Wildman–Crippen LogP) is 3.39. The molecule has 0 bridgehead atoms. The van der Waals surface area contributed by atoms with E-state index in [0.717, 1.165) is 5.56 Å². The molecule has 3 aromatic heterocycles. The third-order valence-electron chi connectivity index (χ3n) is 4.94. The first-order chi connectivity index (χ1) is 14.5. The van der Waals surface area contributed by atoms with E-state index in [-0.39, 0.29) is 11.3 Å². The number of carbonyl (C=O) groups is 1. The number of nitrogens with one attached hydrogen (secondary N) is 1. The zero-order valence-corrected chi connectivity index (χ0v) is 16.7. The van der Waals surface area contributed by atoms with Crippen molar-refractivity contribution < 1.29 is 13.9 Å². The van der Waals surface area contributed by atoms with E-state index in [1.807, 2.05) is 13.0 Å². The summed E-state index contributed by atoms with van der Waals surface area (Å²) in [7, 11) is 1.60. The lowest BCUT2D eigenvalue weighted by molar-refractivity contribution is 0.101. The lowest BCUT2D eigenvalue weighted by atomic mass is 10.2. The number of fused-ring (bicyclic) bond motifs is 2. The van der Waals surface area contributed by atoms with E-state index in [0.29, 0.717) is 41.9 Å². The average molecular weight is 408 g/mol. The molecule has 0 unspecified atom stereocenters. The van der Waals surface area contributed by atoms with Gasteiger partial charge in [-0.1, -0.05) is 12.1 Å². The summed E-state index contributed by atoms with van der Waals surface area (Å²) in [5, 5.41) is 3.04. The summed E-state index contributed by atoms with van der Waals surface area (Å²) >= 11 is 0. The zero-order valence-electron chi connectivity index (χ0n) is 16.7. The maximum absolute atomic E-state index is 13.5. The van der Waals surface area contributed by atoms with Crippen LogP contribution in [0.15, 0.2) is 53.5 Å². The number of methoxy groups -OCH3 is 1. The molecule has 1 amide bonds. The monoisotopic (exact) mass is 408 g/mol. The van der Waals surface area contributed by atoms with Crippen molar-refractivity contribution in [3.63, 3.8) is 0 Å². The predicted molar refractivity (Wildman–Crippen MR) is 113 cm³/mol. The topological polar surface area (TPSA) is 77.6 Å². The van der Waals surface area contributed by atoms with Gasteiger partial charge in [0.15, 0.2) is 0 Å². The summed E-state index contributed by atoms with van der Waals surface area (Å²) in [6.07, 6.45) is 2.29. The molecule has 1 N–H and O–H groups in total. The molecule has 0 aliphatic carbocycles. The van der Waals surface area contributed by atoms with Crippen molar-refractivity contribution in [1.29, 1.82) is 0 Å². The largest absolute Gasteiger partial charge is 0.385 e. The van der Waals surface area contributed by atoms with Crippen molar-refractivity contribution in [2.24, 2.45) is 0 Å². The number of aromatic nitrogens is 3. The molecule has 0 aliphatic rings. The molecule has 30 heavy (non-hydrogen) atoms. The maximum atomic E-state index is 13.5. The third kappa shape index (κ3) is 3.57. The van der Waals surface area contributed by atoms with Crippen LogP contribution in [0.1, 0.15) is 22.5 Å². The summed E-state index contributed by atoms with van der Waals surface area (Å²) in [4.78, 5) is 30.7.